The molecule has 0 saturated heterocycles. The molecule has 1 amide bonds. The molecule has 4 heteroatoms. The first-order valence-electron chi connectivity index (χ1n) is 5.17. The van der Waals surface area contributed by atoms with Crippen LogP contribution in [0.1, 0.15) is 24.2 Å². The van der Waals surface area contributed by atoms with Gasteiger partial charge in [-0.15, -0.1) is 0 Å². The molecule has 0 aliphatic carbocycles. The Labute approximate surface area is 109 Å². The molecular weight excluding hydrogens is 320 g/mol. The number of carbonyl (C=O) groups is 1. The molecule has 0 heterocycles. The fourth-order valence-corrected chi connectivity index (χ4v) is 2.50. The van der Waals surface area contributed by atoms with Gasteiger partial charge in [0.15, 0.2) is 0 Å². The van der Waals surface area contributed by atoms with E-state index in [-0.39, 0.29) is 17.8 Å². The Morgan fingerprint density at radius 1 is 1.50 bits per heavy atom. The van der Waals surface area contributed by atoms with Gasteiger partial charge in [0.1, 0.15) is 5.82 Å². The van der Waals surface area contributed by atoms with Crippen molar-refractivity contribution in [1.82, 2.24) is 5.32 Å². The van der Waals surface area contributed by atoms with Crippen LogP contribution in [0.3, 0.4) is 0 Å². The van der Waals surface area contributed by atoms with Gasteiger partial charge in [0.2, 0.25) is 0 Å². The third kappa shape index (κ3) is 3.73. The molecule has 1 aromatic carbocycles. The van der Waals surface area contributed by atoms with Gasteiger partial charge in [0.25, 0.3) is 5.91 Å². The standard InChI is InChI=1S/C12H15FINO/c1-8(2)11(7-14)15-12(16)9-4-3-5-10(13)6-9/h3-6,8,11H,7H2,1-2H3,(H,15,16). The van der Waals surface area contributed by atoms with Crippen LogP contribution in [0.25, 0.3) is 0 Å². The van der Waals surface area contributed by atoms with Gasteiger partial charge in [0, 0.05) is 16.0 Å². The van der Waals surface area contributed by atoms with Crippen molar-refractivity contribution in [3.05, 3.63) is 35.6 Å². The third-order valence-electron chi connectivity index (χ3n) is 2.37. The lowest BCUT2D eigenvalue weighted by Crippen LogP contribution is -2.39. The number of amides is 1. The smallest absolute Gasteiger partial charge is 0.251 e. The minimum Gasteiger partial charge on any atom is -0.348 e. The minimum absolute atomic E-state index is 0.122. The lowest BCUT2D eigenvalue weighted by Gasteiger charge is -2.19. The van der Waals surface area contributed by atoms with E-state index >= 15 is 0 Å². The maximum Gasteiger partial charge on any atom is 0.251 e. The summed E-state index contributed by atoms with van der Waals surface area (Å²) in [4.78, 5) is 11.8. The molecule has 0 bridgehead atoms. The molecule has 0 aliphatic rings. The van der Waals surface area contributed by atoms with Crippen molar-refractivity contribution in [2.75, 3.05) is 4.43 Å². The molecule has 1 rings (SSSR count). The van der Waals surface area contributed by atoms with E-state index in [9.17, 15) is 9.18 Å². The molecule has 88 valence electrons. The summed E-state index contributed by atoms with van der Waals surface area (Å²) < 4.78 is 13.8. The number of carbonyl (C=O) groups excluding carboxylic acids is 1. The van der Waals surface area contributed by atoms with E-state index in [2.05, 4.69) is 41.8 Å². The summed E-state index contributed by atoms with van der Waals surface area (Å²) in [7, 11) is 0. The van der Waals surface area contributed by atoms with Gasteiger partial charge in [-0.25, -0.2) is 4.39 Å². The molecule has 0 saturated carbocycles. The van der Waals surface area contributed by atoms with Crippen molar-refractivity contribution in [3.8, 4) is 0 Å². The van der Waals surface area contributed by atoms with Crippen molar-refractivity contribution < 1.29 is 9.18 Å². The second-order valence-corrected chi connectivity index (χ2v) is 4.87. The molecule has 1 aromatic rings. The molecule has 16 heavy (non-hydrogen) atoms. The SMILES string of the molecule is CC(C)C(CI)NC(=O)c1cccc(F)c1. The Morgan fingerprint density at radius 2 is 2.19 bits per heavy atom. The highest BCUT2D eigenvalue weighted by Gasteiger charge is 2.15. The quantitative estimate of drug-likeness (QED) is 0.665. The Balaban J connectivity index is 2.72. The average molecular weight is 335 g/mol. The second kappa shape index (κ2) is 6.18. The van der Waals surface area contributed by atoms with E-state index in [0.29, 0.717) is 11.5 Å². The summed E-state index contributed by atoms with van der Waals surface area (Å²) in [6.45, 7) is 4.10. The van der Waals surface area contributed by atoms with E-state index < -0.39 is 0 Å². The number of benzene rings is 1. The highest BCUT2D eigenvalue weighted by molar-refractivity contribution is 14.1. The van der Waals surface area contributed by atoms with Crippen molar-refractivity contribution in [2.24, 2.45) is 5.92 Å². The van der Waals surface area contributed by atoms with Crippen LogP contribution < -0.4 is 5.32 Å². The fourth-order valence-electron chi connectivity index (χ4n) is 1.26. The number of hydrogen-bond acceptors (Lipinski definition) is 1. The van der Waals surface area contributed by atoms with E-state index in [1.165, 1.54) is 12.1 Å². The van der Waals surface area contributed by atoms with Gasteiger partial charge in [-0.3, -0.25) is 4.79 Å². The van der Waals surface area contributed by atoms with Crippen LogP contribution in [0.2, 0.25) is 0 Å². The molecule has 1 unspecified atom stereocenters. The Hall–Kier alpha value is -0.650. The summed E-state index contributed by atoms with van der Waals surface area (Å²) >= 11 is 2.24. The van der Waals surface area contributed by atoms with Crippen molar-refractivity contribution in [3.63, 3.8) is 0 Å². The monoisotopic (exact) mass is 335 g/mol. The maximum atomic E-state index is 12.9. The van der Waals surface area contributed by atoms with Gasteiger partial charge >= 0.3 is 0 Å². The summed E-state index contributed by atoms with van der Waals surface area (Å²) in [5, 5.41) is 2.90. The van der Waals surface area contributed by atoms with Gasteiger partial charge in [0.05, 0.1) is 0 Å². The normalized spacial score (nSPS) is 12.6. The predicted molar refractivity (Wildman–Crippen MR) is 71.4 cm³/mol. The van der Waals surface area contributed by atoms with Crippen LogP contribution >= 0.6 is 22.6 Å². The van der Waals surface area contributed by atoms with E-state index in [1.807, 2.05) is 0 Å². The molecule has 1 atom stereocenters. The average Bonchev–Trinajstić information content (AvgIpc) is 2.25. The maximum absolute atomic E-state index is 12.9. The molecule has 0 aromatic heterocycles. The van der Waals surface area contributed by atoms with Crippen molar-refractivity contribution in [2.45, 2.75) is 19.9 Å². The molecule has 0 fully saturated rings. The molecular formula is C12H15FINO. The molecule has 0 spiro atoms. The highest BCUT2D eigenvalue weighted by atomic mass is 127. The molecule has 1 N–H and O–H groups in total. The molecule has 0 radical (unpaired) electrons. The number of halogens is 2. The van der Waals surface area contributed by atoms with Crippen molar-refractivity contribution in [1.29, 1.82) is 0 Å². The van der Waals surface area contributed by atoms with Crippen LogP contribution in [-0.4, -0.2) is 16.4 Å². The van der Waals surface area contributed by atoms with Crippen LogP contribution in [0.5, 0.6) is 0 Å². The van der Waals surface area contributed by atoms with Crippen LogP contribution in [0.4, 0.5) is 4.39 Å². The van der Waals surface area contributed by atoms with Gasteiger partial charge in [-0.1, -0.05) is 42.5 Å². The summed E-state index contributed by atoms with van der Waals surface area (Å²) in [5.74, 6) is -0.229. The topological polar surface area (TPSA) is 29.1 Å². The Morgan fingerprint density at radius 3 is 2.69 bits per heavy atom. The number of hydrogen-bond donors (Lipinski definition) is 1. The Kier molecular flexibility index (Phi) is 5.18. The van der Waals surface area contributed by atoms with Crippen molar-refractivity contribution >= 4 is 28.5 Å². The van der Waals surface area contributed by atoms with Crippen LogP contribution in [-0.2, 0) is 0 Å². The second-order valence-electron chi connectivity index (χ2n) is 3.99. The first kappa shape index (κ1) is 13.4. The Bertz CT molecular complexity index is 368. The van der Waals surface area contributed by atoms with Gasteiger partial charge in [-0.05, 0) is 24.1 Å². The lowest BCUT2D eigenvalue weighted by molar-refractivity contribution is 0.0931. The highest BCUT2D eigenvalue weighted by Crippen LogP contribution is 2.08. The number of alkyl halides is 1. The minimum atomic E-state index is -0.386. The molecule has 0 aliphatic heterocycles. The van der Waals surface area contributed by atoms with Crippen LogP contribution in [0.15, 0.2) is 24.3 Å². The van der Waals surface area contributed by atoms with Crippen LogP contribution in [0, 0.1) is 11.7 Å². The largest absolute Gasteiger partial charge is 0.348 e. The number of nitrogens with one attached hydrogen (secondary N) is 1. The fraction of sp³-hybridized carbons (Fsp3) is 0.417. The third-order valence-corrected chi connectivity index (χ3v) is 3.32. The van der Waals surface area contributed by atoms with E-state index in [4.69, 9.17) is 0 Å². The van der Waals surface area contributed by atoms with E-state index in [1.54, 1.807) is 12.1 Å². The number of rotatable bonds is 4. The summed E-state index contributed by atoms with van der Waals surface area (Å²) in [6, 6.07) is 5.85. The first-order chi connectivity index (χ1) is 7.54. The molecule has 2 nitrogen and oxygen atoms in total. The zero-order valence-corrected chi connectivity index (χ0v) is 11.5. The zero-order valence-electron chi connectivity index (χ0n) is 9.34. The summed E-state index contributed by atoms with van der Waals surface area (Å²) in [6.07, 6.45) is 0. The zero-order chi connectivity index (χ0) is 12.1. The predicted octanol–water partition coefficient (Wildman–Crippen LogP) is 3.02. The summed E-state index contributed by atoms with van der Waals surface area (Å²) in [5.41, 5.74) is 0.371. The van der Waals surface area contributed by atoms with E-state index in [0.717, 1.165) is 4.43 Å². The van der Waals surface area contributed by atoms with Gasteiger partial charge < -0.3 is 5.32 Å². The van der Waals surface area contributed by atoms with Gasteiger partial charge in [-0.2, -0.15) is 0 Å². The first-order valence-corrected chi connectivity index (χ1v) is 6.69. The lowest BCUT2D eigenvalue weighted by atomic mass is 10.1.